The normalized spacial score (nSPS) is 20.3. The molecule has 1 aromatic rings. The predicted molar refractivity (Wildman–Crippen MR) is 101 cm³/mol. The lowest BCUT2D eigenvalue weighted by atomic mass is 10.2. The number of carboxylic acids is 2. The molecule has 0 aliphatic carbocycles. The lowest BCUT2D eigenvalue weighted by Gasteiger charge is -2.35. The van der Waals surface area contributed by atoms with E-state index in [1.54, 1.807) is 12.1 Å². The Labute approximate surface area is 169 Å². The summed E-state index contributed by atoms with van der Waals surface area (Å²) in [5, 5.41) is 23.6. The number of aliphatic carboxylic acids is 2. The zero-order valence-electron chi connectivity index (χ0n) is 15.7. The molecule has 3 rings (SSSR count). The molecule has 10 nitrogen and oxygen atoms in total. The molecule has 0 radical (unpaired) electrons. The van der Waals surface area contributed by atoms with E-state index in [4.69, 9.17) is 29.8 Å². The minimum atomic E-state index is -3.47. The summed E-state index contributed by atoms with van der Waals surface area (Å²) < 4.78 is 32.4. The Bertz CT molecular complexity index is 838. The maximum absolute atomic E-state index is 12.6. The molecule has 0 spiro atoms. The van der Waals surface area contributed by atoms with Crippen LogP contribution in [0.3, 0.4) is 0 Å². The van der Waals surface area contributed by atoms with Gasteiger partial charge in [-0.25, -0.2) is 18.0 Å². The van der Waals surface area contributed by atoms with Crippen LogP contribution in [0.2, 0.25) is 0 Å². The maximum Gasteiger partial charge on any atom is 0.414 e. The lowest BCUT2D eigenvalue weighted by Crippen LogP contribution is -2.50. The Morgan fingerprint density at radius 1 is 1.10 bits per heavy atom. The van der Waals surface area contributed by atoms with Crippen molar-refractivity contribution in [3.8, 4) is 6.07 Å². The highest BCUT2D eigenvalue weighted by molar-refractivity contribution is 7.89. The molecular formula is C18H23N3O7S. The van der Waals surface area contributed by atoms with E-state index in [0.717, 1.165) is 39.1 Å². The summed E-state index contributed by atoms with van der Waals surface area (Å²) in [5.41, 5.74) is 0.463. The number of sulfonamides is 1. The van der Waals surface area contributed by atoms with Gasteiger partial charge in [0.05, 0.1) is 22.6 Å². The van der Waals surface area contributed by atoms with Crippen molar-refractivity contribution in [2.45, 2.75) is 23.8 Å². The van der Waals surface area contributed by atoms with Crippen molar-refractivity contribution in [3.63, 3.8) is 0 Å². The van der Waals surface area contributed by atoms with Crippen molar-refractivity contribution in [1.29, 1.82) is 5.26 Å². The molecule has 2 aliphatic rings. The molecule has 2 fully saturated rings. The van der Waals surface area contributed by atoms with Gasteiger partial charge in [0.15, 0.2) is 0 Å². The van der Waals surface area contributed by atoms with Crippen LogP contribution in [0.1, 0.15) is 18.4 Å². The molecule has 11 heteroatoms. The second-order valence-electron chi connectivity index (χ2n) is 6.59. The third kappa shape index (κ3) is 6.50. The first-order valence-electron chi connectivity index (χ1n) is 9.04. The first-order chi connectivity index (χ1) is 13.7. The average molecular weight is 425 g/mol. The Balaban J connectivity index is 0.000000438. The fourth-order valence-corrected chi connectivity index (χ4v) is 4.50. The summed E-state index contributed by atoms with van der Waals surface area (Å²) in [7, 11) is -3.47. The monoisotopic (exact) mass is 425 g/mol. The largest absolute Gasteiger partial charge is 0.473 e. The van der Waals surface area contributed by atoms with Crippen molar-refractivity contribution >= 4 is 22.0 Å². The van der Waals surface area contributed by atoms with Gasteiger partial charge in [0.25, 0.3) is 0 Å². The molecule has 0 saturated carbocycles. The fourth-order valence-electron chi connectivity index (χ4n) is 3.08. The molecule has 29 heavy (non-hydrogen) atoms. The Hall–Kier alpha value is -2.52. The number of carbonyl (C=O) groups is 2. The van der Waals surface area contributed by atoms with Crippen molar-refractivity contribution in [2.75, 3.05) is 39.3 Å². The number of nitriles is 1. The summed E-state index contributed by atoms with van der Waals surface area (Å²) in [6.45, 7) is 4.19. The molecule has 1 aromatic carbocycles. The minimum absolute atomic E-state index is 0.254. The van der Waals surface area contributed by atoms with E-state index in [9.17, 15) is 8.42 Å². The molecule has 0 aromatic heterocycles. The number of ether oxygens (including phenoxy) is 1. The van der Waals surface area contributed by atoms with Gasteiger partial charge < -0.3 is 14.9 Å². The van der Waals surface area contributed by atoms with Crippen molar-refractivity contribution in [3.05, 3.63) is 29.8 Å². The second-order valence-corrected chi connectivity index (χ2v) is 8.52. The zero-order chi connectivity index (χ0) is 21.4. The predicted octanol–water partition coefficient (Wildman–Crippen LogP) is 0.199. The smallest absolute Gasteiger partial charge is 0.414 e. The number of nitrogens with zero attached hydrogens (tertiary/aromatic N) is 3. The van der Waals surface area contributed by atoms with Crippen LogP contribution < -0.4 is 0 Å². The maximum atomic E-state index is 12.6. The zero-order valence-corrected chi connectivity index (χ0v) is 16.5. The number of carboxylic acid groups (broad SMARTS) is 2. The van der Waals surface area contributed by atoms with Crippen molar-refractivity contribution < 1.29 is 33.0 Å². The molecule has 2 heterocycles. The van der Waals surface area contributed by atoms with Crippen molar-refractivity contribution in [1.82, 2.24) is 9.21 Å². The molecule has 1 unspecified atom stereocenters. The summed E-state index contributed by atoms with van der Waals surface area (Å²) in [6, 6.07) is 8.10. The highest BCUT2D eigenvalue weighted by Gasteiger charge is 2.29. The van der Waals surface area contributed by atoms with Crippen LogP contribution >= 0.6 is 0 Å². The Kier molecular flexibility index (Phi) is 8.10. The van der Waals surface area contributed by atoms with Crippen LogP contribution in [0.5, 0.6) is 0 Å². The van der Waals surface area contributed by atoms with Crippen LogP contribution in [0.25, 0.3) is 0 Å². The summed E-state index contributed by atoms with van der Waals surface area (Å²) in [6.07, 6.45) is 2.53. The Morgan fingerprint density at radius 2 is 1.69 bits per heavy atom. The first kappa shape index (κ1) is 22.8. The summed E-state index contributed by atoms with van der Waals surface area (Å²) in [5.74, 6) is -3.65. The molecular weight excluding hydrogens is 402 g/mol. The number of piperazine rings is 1. The van der Waals surface area contributed by atoms with Gasteiger partial charge >= 0.3 is 11.9 Å². The number of hydrogen-bond acceptors (Lipinski definition) is 7. The van der Waals surface area contributed by atoms with Gasteiger partial charge in [-0.15, -0.1) is 0 Å². The van der Waals surface area contributed by atoms with E-state index < -0.39 is 22.0 Å². The van der Waals surface area contributed by atoms with Gasteiger partial charge in [-0.2, -0.15) is 9.57 Å². The standard InChI is InChI=1S/C16H21N3O3S.C2H2O4/c17-12-14-3-5-16(6-4-14)23(20,21)19-9-7-18(8-10-19)13-15-2-1-11-22-15;3-1(4)2(5)6/h3-6,15H,1-2,7-11,13H2;(H,3,4)(H,5,6). The summed E-state index contributed by atoms with van der Waals surface area (Å²) >= 11 is 0. The SMILES string of the molecule is N#Cc1ccc(S(=O)(=O)N2CCN(CC3CCCO3)CC2)cc1.O=C(O)C(=O)O. The van der Waals surface area contributed by atoms with Gasteiger partial charge in [0.2, 0.25) is 10.0 Å². The van der Waals surface area contributed by atoms with Crippen LogP contribution in [0.4, 0.5) is 0 Å². The lowest BCUT2D eigenvalue weighted by molar-refractivity contribution is -0.159. The summed E-state index contributed by atoms with van der Waals surface area (Å²) in [4.78, 5) is 20.7. The Morgan fingerprint density at radius 3 is 2.14 bits per heavy atom. The molecule has 2 N–H and O–H groups in total. The molecule has 158 valence electrons. The molecule has 2 saturated heterocycles. The van der Waals surface area contributed by atoms with E-state index in [1.807, 2.05) is 6.07 Å². The fraction of sp³-hybridized carbons (Fsp3) is 0.500. The average Bonchev–Trinajstić information content (AvgIpc) is 3.22. The van der Waals surface area contributed by atoms with Crippen molar-refractivity contribution in [2.24, 2.45) is 0 Å². The second kappa shape index (κ2) is 10.3. The van der Waals surface area contributed by atoms with Gasteiger partial charge in [-0.05, 0) is 37.1 Å². The number of benzene rings is 1. The van der Waals surface area contributed by atoms with Crippen LogP contribution in [-0.4, -0.2) is 85.2 Å². The highest BCUT2D eigenvalue weighted by atomic mass is 32.2. The first-order valence-corrected chi connectivity index (χ1v) is 10.5. The van der Waals surface area contributed by atoms with E-state index in [2.05, 4.69) is 4.90 Å². The van der Waals surface area contributed by atoms with Crippen LogP contribution in [0, 0.1) is 11.3 Å². The number of rotatable bonds is 4. The van der Waals surface area contributed by atoms with E-state index >= 15 is 0 Å². The van der Waals surface area contributed by atoms with E-state index in [-0.39, 0.29) is 4.90 Å². The molecule has 1 atom stereocenters. The molecule has 2 aliphatic heterocycles. The third-order valence-electron chi connectivity index (χ3n) is 4.62. The minimum Gasteiger partial charge on any atom is -0.473 e. The molecule has 0 bridgehead atoms. The van der Waals surface area contributed by atoms with Crippen LogP contribution in [-0.2, 0) is 24.3 Å². The van der Waals surface area contributed by atoms with Gasteiger partial charge in [0.1, 0.15) is 0 Å². The molecule has 0 amide bonds. The van der Waals surface area contributed by atoms with Gasteiger partial charge in [-0.3, -0.25) is 4.90 Å². The van der Waals surface area contributed by atoms with E-state index in [0.29, 0.717) is 24.8 Å². The topological polar surface area (TPSA) is 148 Å². The van der Waals surface area contributed by atoms with E-state index in [1.165, 1.54) is 16.4 Å². The highest BCUT2D eigenvalue weighted by Crippen LogP contribution is 2.19. The number of hydrogen-bond donors (Lipinski definition) is 2. The van der Waals surface area contributed by atoms with Crippen LogP contribution in [0.15, 0.2) is 29.2 Å². The van der Waals surface area contributed by atoms with Gasteiger partial charge in [-0.1, -0.05) is 0 Å². The third-order valence-corrected chi connectivity index (χ3v) is 6.53. The van der Waals surface area contributed by atoms with Gasteiger partial charge in [0, 0.05) is 39.3 Å². The quantitative estimate of drug-likeness (QED) is 0.645.